The second-order valence-corrected chi connectivity index (χ2v) is 8.71. The van der Waals surface area contributed by atoms with Gasteiger partial charge >= 0.3 is 5.97 Å². The summed E-state index contributed by atoms with van der Waals surface area (Å²) in [6.07, 6.45) is 2.70. The van der Waals surface area contributed by atoms with Crippen LogP contribution in [0, 0.1) is 0 Å². The van der Waals surface area contributed by atoms with Crippen molar-refractivity contribution >= 4 is 34.7 Å². The number of nitrogens with zero attached hydrogens (tertiary/aromatic N) is 1. The lowest BCUT2D eigenvalue weighted by Gasteiger charge is -2.32. The molecule has 3 rings (SSSR count). The Morgan fingerprint density at radius 3 is 2.50 bits per heavy atom. The molecule has 172 valence electrons. The van der Waals surface area contributed by atoms with Crippen molar-refractivity contribution in [2.24, 2.45) is 0 Å². The number of hydrogen-bond donors (Lipinski definition) is 1. The van der Waals surface area contributed by atoms with Gasteiger partial charge in [0.2, 0.25) is 0 Å². The zero-order valence-corrected chi connectivity index (χ0v) is 19.9. The normalized spacial score (nSPS) is 16.3. The van der Waals surface area contributed by atoms with Crippen LogP contribution >= 0.6 is 23.2 Å². The molecule has 1 N–H and O–H groups in total. The van der Waals surface area contributed by atoms with Crippen molar-refractivity contribution in [2.75, 3.05) is 26.3 Å². The predicted molar refractivity (Wildman–Crippen MR) is 129 cm³/mol. The predicted octanol–water partition coefficient (Wildman–Crippen LogP) is 5.58. The highest BCUT2D eigenvalue weighted by molar-refractivity contribution is 6.42. The van der Waals surface area contributed by atoms with E-state index in [1.54, 1.807) is 6.92 Å². The van der Waals surface area contributed by atoms with E-state index in [4.69, 9.17) is 32.7 Å². The number of rotatable bonds is 10. The second-order valence-electron chi connectivity index (χ2n) is 7.89. The Hall–Kier alpha value is -2.05. The van der Waals surface area contributed by atoms with E-state index in [1.165, 1.54) is 5.57 Å². The molecule has 32 heavy (non-hydrogen) atoms. The Labute approximate surface area is 199 Å². The standard InChI is InChI=1S/C25H29Cl2NO4/c1-3-31-24(25(29)30)14-18-4-7-21(8-5-18)32-16-17(2)28-12-10-19(11-13-28)20-6-9-22(26)23(27)15-20/h4-10,15,17,24H,3,11-14,16H2,1-2H3,(H,29,30). The zero-order valence-electron chi connectivity index (χ0n) is 18.4. The quantitative estimate of drug-likeness (QED) is 0.483. The molecule has 2 aromatic rings. The highest BCUT2D eigenvalue weighted by Gasteiger charge is 2.20. The Balaban J connectivity index is 1.49. The monoisotopic (exact) mass is 477 g/mol. The lowest BCUT2D eigenvalue weighted by Crippen LogP contribution is -2.40. The molecule has 2 unspecified atom stereocenters. The number of halogens is 2. The van der Waals surface area contributed by atoms with E-state index in [-0.39, 0.29) is 6.04 Å². The number of carboxylic acids is 1. The molecule has 0 fully saturated rings. The van der Waals surface area contributed by atoms with Gasteiger partial charge in [0.1, 0.15) is 12.4 Å². The van der Waals surface area contributed by atoms with Gasteiger partial charge in [0, 0.05) is 32.2 Å². The number of benzene rings is 2. The van der Waals surface area contributed by atoms with Gasteiger partial charge in [0.15, 0.2) is 6.10 Å². The molecule has 7 heteroatoms. The van der Waals surface area contributed by atoms with E-state index in [0.717, 1.165) is 36.4 Å². The molecule has 0 bridgehead atoms. The van der Waals surface area contributed by atoms with Crippen molar-refractivity contribution in [1.82, 2.24) is 4.90 Å². The van der Waals surface area contributed by atoms with Crippen molar-refractivity contribution in [3.05, 3.63) is 69.7 Å². The molecule has 1 heterocycles. The second kappa shape index (κ2) is 11.7. The minimum atomic E-state index is -0.945. The number of ether oxygens (including phenoxy) is 2. The summed E-state index contributed by atoms with van der Waals surface area (Å²) in [5.41, 5.74) is 3.31. The highest BCUT2D eigenvalue weighted by Crippen LogP contribution is 2.29. The first-order chi connectivity index (χ1) is 15.4. The van der Waals surface area contributed by atoms with E-state index >= 15 is 0 Å². The molecule has 0 aliphatic carbocycles. The van der Waals surface area contributed by atoms with Crippen LogP contribution in [0.4, 0.5) is 0 Å². The van der Waals surface area contributed by atoms with Gasteiger partial charge < -0.3 is 14.6 Å². The maximum Gasteiger partial charge on any atom is 0.333 e. The minimum absolute atomic E-state index is 0.260. The fourth-order valence-corrected chi connectivity index (χ4v) is 4.02. The molecular formula is C25H29Cl2NO4. The summed E-state index contributed by atoms with van der Waals surface area (Å²) in [6.45, 7) is 6.70. The molecule has 0 aromatic heterocycles. The maximum atomic E-state index is 11.2. The summed E-state index contributed by atoms with van der Waals surface area (Å²) in [5.74, 6) is -0.174. The van der Waals surface area contributed by atoms with Gasteiger partial charge in [-0.3, -0.25) is 4.90 Å². The van der Waals surface area contributed by atoms with Crippen LogP contribution in [0.25, 0.3) is 5.57 Å². The minimum Gasteiger partial charge on any atom is -0.492 e. The van der Waals surface area contributed by atoms with Crippen LogP contribution < -0.4 is 4.74 Å². The van der Waals surface area contributed by atoms with Gasteiger partial charge in [0.05, 0.1) is 10.0 Å². The number of carboxylic acid groups (broad SMARTS) is 1. The smallest absolute Gasteiger partial charge is 0.333 e. The third kappa shape index (κ3) is 6.72. The highest BCUT2D eigenvalue weighted by atomic mass is 35.5. The molecule has 1 aliphatic heterocycles. The molecule has 0 amide bonds. The molecule has 5 nitrogen and oxygen atoms in total. The van der Waals surface area contributed by atoms with Gasteiger partial charge in [-0.15, -0.1) is 0 Å². The van der Waals surface area contributed by atoms with Crippen LogP contribution in [0.2, 0.25) is 10.0 Å². The maximum absolute atomic E-state index is 11.2. The molecule has 2 atom stereocenters. The van der Waals surface area contributed by atoms with Crippen molar-refractivity contribution in [2.45, 2.75) is 38.8 Å². The molecular weight excluding hydrogens is 449 g/mol. The van der Waals surface area contributed by atoms with Gasteiger partial charge in [0.25, 0.3) is 0 Å². The Morgan fingerprint density at radius 2 is 1.91 bits per heavy atom. The first-order valence-electron chi connectivity index (χ1n) is 10.8. The molecule has 0 saturated carbocycles. The Bertz CT molecular complexity index is 945. The Morgan fingerprint density at radius 1 is 1.16 bits per heavy atom. The summed E-state index contributed by atoms with van der Waals surface area (Å²) < 4.78 is 11.3. The molecule has 1 aliphatic rings. The zero-order chi connectivity index (χ0) is 23.1. The average molecular weight is 478 g/mol. The van der Waals surface area contributed by atoms with Gasteiger partial charge in [-0.1, -0.05) is 47.5 Å². The van der Waals surface area contributed by atoms with Crippen LogP contribution in [-0.4, -0.2) is 54.4 Å². The van der Waals surface area contributed by atoms with E-state index in [0.29, 0.717) is 29.7 Å². The molecule has 0 spiro atoms. The SMILES string of the molecule is CCOC(Cc1ccc(OCC(C)N2CC=C(c3ccc(Cl)c(Cl)c3)CC2)cc1)C(=O)O. The number of hydrogen-bond acceptors (Lipinski definition) is 4. The van der Waals surface area contributed by atoms with E-state index in [1.807, 2.05) is 42.5 Å². The lowest BCUT2D eigenvalue weighted by atomic mass is 9.99. The lowest BCUT2D eigenvalue weighted by molar-refractivity contribution is -0.149. The van der Waals surface area contributed by atoms with Gasteiger partial charge in [-0.2, -0.15) is 0 Å². The fraction of sp³-hybridized carbons (Fsp3) is 0.400. The summed E-state index contributed by atoms with van der Waals surface area (Å²) in [6, 6.07) is 13.6. The van der Waals surface area contributed by atoms with Crippen LogP contribution in [-0.2, 0) is 16.0 Å². The van der Waals surface area contributed by atoms with Crippen LogP contribution in [0.15, 0.2) is 48.5 Å². The van der Waals surface area contributed by atoms with E-state index in [9.17, 15) is 9.90 Å². The van der Waals surface area contributed by atoms with Crippen molar-refractivity contribution in [1.29, 1.82) is 0 Å². The topological polar surface area (TPSA) is 59.0 Å². The Kier molecular flexibility index (Phi) is 9.00. The first-order valence-corrected chi connectivity index (χ1v) is 11.6. The molecule has 0 radical (unpaired) electrons. The summed E-state index contributed by atoms with van der Waals surface area (Å²) in [5, 5.41) is 10.4. The molecule has 0 saturated heterocycles. The van der Waals surface area contributed by atoms with Crippen LogP contribution in [0.5, 0.6) is 5.75 Å². The molecule has 2 aromatic carbocycles. The van der Waals surface area contributed by atoms with Gasteiger partial charge in [-0.05, 0) is 61.2 Å². The summed E-state index contributed by atoms with van der Waals surface area (Å²) in [7, 11) is 0. The number of carbonyl (C=O) groups is 1. The van der Waals surface area contributed by atoms with Crippen molar-refractivity contribution < 1.29 is 19.4 Å². The first kappa shape index (κ1) is 24.6. The number of aliphatic carboxylic acids is 1. The van der Waals surface area contributed by atoms with Crippen molar-refractivity contribution in [3.63, 3.8) is 0 Å². The summed E-state index contributed by atoms with van der Waals surface area (Å²) >= 11 is 12.2. The van der Waals surface area contributed by atoms with Crippen LogP contribution in [0.1, 0.15) is 31.4 Å². The van der Waals surface area contributed by atoms with Crippen molar-refractivity contribution in [3.8, 4) is 5.75 Å². The fourth-order valence-electron chi connectivity index (χ4n) is 3.72. The van der Waals surface area contributed by atoms with E-state index in [2.05, 4.69) is 17.9 Å². The average Bonchev–Trinajstić information content (AvgIpc) is 2.80. The van der Waals surface area contributed by atoms with E-state index < -0.39 is 12.1 Å². The van der Waals surface area contributed by atoms with Crippen LogP contribution in [0.3, 0.4) is 0 Å². The largest absolute Gasteiger partial charge is 0.492 e. The summed E-state index contributed by atoms with van der Waals surface area (Å²) in [4.78, 5) is 13.6. The third-order valence-electron chi connectivity index (χ3n) is 5.63. The van der Waals surface area contributed by atoms with Gasteiger partial charge in [-0.25, -0.2) is 4.79 Å². The third-order valence-corrected chi connectivity index (χ3v) is 6.37.